The lowest BCUT2D eigenvalue weighted by molar-refractivity contribution is -0.0129. The van der Waals surface area contributed by atoms with Crippen LogP contribution < -0.4 is 4.72 Å². The van der Waals surface area contributed by atoms with E-state index < -0.39 is 21.9 Å². The maximum atomic E-state index is 13.0. The van der Waals surface area contributed by atoms with E-state index in [9.17, 15) is 22.0 Å². The first-order valence-electron chi connectivity index (χ1n) is 7.21. The Morgan fingerprint density at radius 3 is 2.26 bits per heavy atom. The molecule has 0 radical (unpaired) electrons. The summed E-state index contributed by atoms with van der Waals surface area (Å²) in [6.45, 7) is 3.43. The zero-order valence-electron chi connectivity index (χ0n) is 13.5. The minimum atomic E-state index is -3.60. The molecule has 0 aliphatic rings. The Balaban J connectivity index is 2.62. The fourth-order valence-corrected chi connectivity index (χ4v) is 2.53. The third-order valence-corrected chi connectivity index (χ3v) is 3.72. The van der Waals surface area contributed by atoms with Gasteiger partial charge in [0.2, 0.25) is 10.0 Å². The molecule has 0 unspecified atom stereocenters. The number of amides is 1. The normalized spacial score (nSPS) is 12.4. The highest BCUT2D eigenvalue weighted by molar-refractivity contribution is 7.89. The number of benzene rings is 1. The van der Waals surface area contributed by atoms with E-state index >= 15 is 0 Å². The maximum absolute atomic E-state index is 13.0. The molecule has 1 N–H and O–H groups in total. The monoisotopic (exact) mass is 348 g/mol. The molecule has 0 bridgehead atoms. The average Bonchev–Trinajstić information content (AvgIpc) is 2.41. The van der Waals surface area contributed by atoms with E-state index in [1.54, 1.807) is 17.0 Å². The van der Waals surface area contributed by atoms with Gasteiger partial charge in [-0.05, 0) is 30.7 Å². The molecule has 0 saturated carbocycles. The summed E-state index contributed by atoms with van der Waals surface area (Å²) in [6.07, 6.45) is 1.47. The van der Waals surface area contributed by atoms with E-state index in [0.717, 1.165) is 18.7 Å². The molecule has 1 aromatic rings. The van der Waals surface area contributed by atoms with Gasteiger partial charge in [-0.3, -0.25) is 9.69 Å². The molecule has 8 heteroatoms. The second-order valence-corrected chi connectivity index (χ2v) is 7.34. The van der Waals surface area contributed by atoms with Gasteiger partial charge in [-0.2, -0.15) is 0 Å². The van der Waals surface area contributed by atoms with E-state index in [1.165, 1.54) is 12.1 Å². The van der Waals surface area contributed by atoms with E-state index in [2.05, 4.69) is 0 Å². The summed E-state index contributed by atoms with van der Waals surface area (Å²) >= 11 is 0. The van der Waals surface area contributed by atoms with Crippen LogP contribution in [0.3, 0.4) is 0 Å². The zero-order chi connectivity index (χ0) is 17.7. The molecule has 130 valence electrons. The number of nitrogens with zero attached hydrogens (tertiary/aromatic N) is 1. The van der Waals surface area contributed by atoms with Gasteiger partial charge >= 0.3 is 0 Å². The second kappa shape index (κ2) is 7.83. The van der Waals surface area contributed by atoms with Crippen molar-refractivity contribution in [1.82, 2.24) is 9.62 Å². The van der Waals surface area contributed by atoms with Gasteiger partial charge in [-0.15, -0.1) is 0 Å². The third-order valence-electron chi connectivity index (χ3n) is 3.16. The van der Waals surface area contributed by atoms with Crippen LogP contribution in [0.5, 0.6) is 0 Å². The maximum Gasteiger partial charge on any atom is 0.264 e. The zero-order valence-corrected chi connectivity index (χ0v) is 14.3. The summed E-state index contributed by atoms with van der Waals surface area (Å²) in [5.74, 6) is -3.43. The number of carbonyl (C=O) groups excluding carboxylic acids is 1. The van der Waals surface area contributed by atoms with Crippen LogP contribution in [0.1, 0.15) is 29.8 Å². The van der Waals surface area contributed by atoms with Crippen molar-refractivity contribution >= 4 is 15.9 Å². The molecule has 5 nitrogen and oxygen atoms in total. The molecule has 23 heavy (non-hydrogen) atoms. The summed E-state index contributed by atoms with van der Waals surface area (Å²) in [5, 5.41) is 0. The highest BCUT2D eigenvalue weighted by Gasteiger charge is 2.24. The number of alkyl halides is 2. The predicted octanol–water partition coefficient (Wildman–Crippen LogP) is 1.90. The van der Waals surface area contributed by atoms with Gasteiger partial charge in [-0.25, -0.2) is 21.9 Å². The molecular weight excluding hydrogens is 326 g/mol. The first-order valence-corrected chi connectivity index (χ1v) is 9.10. The van der Waals surface area contributed by atoms with Crippen LogP contribution in [0.4, 0.5) is 8.78 Å². The molecule has 0 aliphatic heterocycles. The highest BCUT2D eigenvalue weighted by atomic mass is 32.2. The van der Waals surface area contributed by atoms with Gasteiger partial charge in [0, 0.05) is 19.0 Å². The summed E-state index contributed by atoms with van der Waals surface area (Å²) in [6, 6.07) is 6.41. The number of rotatable bonds is 8. The number of sulfonamides is 1. The highest BCUT2D eigenvalue weighted by Crippen LogP contribution is 2.14. The molecule has 1 aromatic carbocycles. The standard InChI is InChI=1S/C15H22F2N2O3S/c1-4-19(11-15(2,16)17)10-9-12-5-7-13(8-6-12)14(20)18-23(3,21)22/h5-8H,4,9-11H2,1-3H3,(H,18,20). The van der Waals surface area contributed by atoms with Crippen molar-refractivity contribution in [3.05, 3.63) is 35.4 Å². The SMILES string of the molecule is CCN(CCc1ccc(C(=O)NS(C)(=O)=O)cc1)CC(C)(F)F. The number of halogens is 2. The fourth-order valence-electron chi connectivity index (χ4n) is 2.08. The van der Waals surface area contributed by atoms with Crippen molar-refractivity contribution in [2.24, 2.45) is 0 Å². The number of likely N-dealkylation sites (N-methyl/N-ethyl adjacent to an activating group) is 1. The molecule has 1 rings (SSSR count). The number of hydrogen-bond acceptors (Lipinski definition) is 4. The van der Waals surface area contributed by atoms with Crippen LogP contribution in [0.25, 0.3) is 0 Å². The summed E-state index contributed by atoms with van der Waals surface area (Å²) in [7, 11) is -3.60. The largest absolute Gasteiger partial charge is 0.297 e. The minimum Gasteiger partial charge on any atom is -0.297 e. The molecular formula is C15H22F2N2O3S. The summed E-state index contributed by atoms with van der Waals surface area (Å²) in [5.41, 5.74) is 1.12. The molecule has 0 saturated heterocycles. The van der Waals surface area contributed by atoms with E-state index in [4.69, 9.17) is 0 Å². The molecule has 1 amide bonds. The fraction of sp³-hybridized carbons (Fsp3) is 0.533. The van der Waals surface area contributed by atoms with Crippen LogP contribution in [0, 0.1) is 0 Å². The van der Waals surface area contributed by atoms with Crippen molar-refractivity contribution in [3.8, 4) is 0 Å². The third kappa shape index (κ3) is 8.03. The van der Waals surface area contributed by atoms with Crippen molar-refractivity contribution < 1.29 is 22.0 Å². The van der Waals surface area contributed by atoms with Crippen LogP contribution in [-0.2, 0) is 16.4 Å². The van der Waals surface area contributed by atoms with Gasteiger partial charge < -0.3 is 0 Å². The molecule has 0 atom stereocenters. The lowest BCUT2D eigenvalue weighted by atomic mass is 10.1. The van der Waals surface area contributed by atoms with Crippen LogP contribution in [0.2, 0.25) is 0 Å². The van der Waals surface area contributed by atoms with Crippen molar-refractivity contribution in [3.63, 3.8) is 0 Å². The van der Waals surface area contributed by atoms with Gasteiger partial charge in [0.15, 0.2) is 0 Å². The smallest absolute Gasteiger partial charge is 0.264 e. The first-order chi connectivity index (χ1) is 10.5. The number of nitrogens with one attached hydrogen (secondary N) is 1. The molecule has 0 aliphatic carbocycles. The predicted molar refractivity (Wildman–Crippen MR) is 85.2 cm³/mol. The second-order valence-electron chi connectivity index (χ2n) is 5.59. The molecule has 0 spiro atoms. The Bertz CT molecular complexity index is 625. The van der Waals surface area contributed by atoms with Crippen molar-refractivity contribution in [2.45, 2.75) is 26.2 Å². The summed E-state index contributed by atoms with van der Waals surface area (Å²) in [4.78, 5) is 13.3. The number of hydrogen-bond donors (Lipinski definition) is 1. The average molecular weight is 348 g/mol. The summed E-state index contributed by atoms with van der Waals surface area (Å²) < 4.78 is 50.0. The Kier molecular flexibility index (Phi) is 6.64. The molecule has 0 fully saturated rings. The van der Waals surface area contributed by atoms with Crippen LogP contribution in [0.15, 0.2) is 24.3 Å². The van der Waals surface area contributed by atoms with Gasteiger partial charge in [-0.1, -0.05) is 19.1 Å². The van der Waals surface area contributed by atoms with E-state index in [1.807, 2.05) is 11.6 Å². The Morgan fingerprint density at radius 2 is 1.83 bits per heavy atom. The van der Waals surface area contributed by atoms with Gasteiger partial charge in [0.1, 0.15) is 0 Å². The van der Waals surface area contributed by atoms with Crippen molar-refractivity contribution in [2.75, 3.05) is 25.9 Å². The molecule has 0 aromatic heterocycles. The van der Waals surface area contributed by atoms with Gasteiger partial charge in [0.05, 0.1) is 12.8 Å². The lowest BCUT2D eigenvalue weighted by Gasteiger charge is -2.23. The first kappa shape index (κ1) is 19.5. The Labute approximate surface area is 135 Å². The van der Waals surface area contributed by atoms with E-state index in [0.29, 0.717) is 19.5 Å². The Morgan fingerprint density at radius 1 is 1.26 bits per heavy atom. The van der Waals surface area contributed by atoms with E-state index in [-0.39, 0.29) is 12.1 Å². The Hall–Kier alpha value is -1.54. The lowest BCUT2D eigenvalue weighted by Crippen LogP contribution is -2.36. The van der Waals surface area contributed by atoms with Crippen molar-refractivity contribution in [1.29, 1.82) is 0 Å². The quantitative estimate of drug-likeness (QED) is 0.779. The van der Waals surface area contributed by atoms with Gasteiger partial charge in [0.25, 0.3) is 11.8 Å². The molecule has 0 heterocycles. The van der Waals surface area contributed by atoms with Crippen LogP contribution >= 0.6 is 0 Å². The number of carbonyl (C=O) groups is 1. The topological polar surface area (TPSA) is 66.5 Å². The van der Waals surface area contributed by atoms with Crippen LogP contribution in [-0.4, -0.2) is 51.0 Å². The minimum absolute atomic E-state index is 0.228.